The van der Waals surface area contributed by atoms with Crippen LogP contribution in [0.4, 0.5) is 11.4 Å². The first kappa shape index (κ1) is 11.5. The van der Waals surface area contributed by atoms with E-state index in [1.807, 2.05) is 18.2 Å². The Labute approximate surface area is 107 Å². The van der Waals surface area contributed by atoms with Gasteiger partial charge in [-0.2, -0.15) is 0 Å². The number of carbonyl (C=O) groups excluding carboxylic acids is 1. The predicted octanol–water partition coefficient (Wildman–Crippen LogP) is 2.05. The number of benzene rings is 1. The third-order valence-corrected chi connectivity index (χ3v) is 4.12. The van der Waals surface area contributed by atoms with Gasteiger partial charge in [-0.15, -0.1) is 0 Å². The summed E-state index contributed by atoms with van der Waals surface area (Å²) >= 11 is 0. The van der Waals surface area contributed by atoms with Crippen molar-refractivity contribution in [2.24, 2.45) is 0 Å². The summed E-state index contributed by atoms with van der Waals surface area (Å²) in [5.74, 6) is -0.328. The lowest BCUT2D eigenvalue weighted by molar-refractivity contribution is -0.123. The molecule has 1 aliphatic carbocycles. The van der Waals surface area contributed by atoms with Crippen molar-refractivity contribution in [2.45, 2.75) is 37.8 Å². The van der Waals surface area contributed by atoms with Crippen LogP contribution in [0, 0.1) is 0 Å². The molecule has 1 unspecified atom stereocenters. The Morgan fingerprint density at radius 2 is 2.06 bits per heavy atom. The molecule has 18 heavy (non-hydrogen) atoms. The molecule has 1 aromatic rings. The SMILES string of the molecule is CN(c1ccc2c(c1)NC(=O)C2O)C1CCCC1. The summed E-state index contributed by atoms with van der Waals surface area (Å²) in [6, 6.07) is 6.39. The summed E-state index contributed by atoms with van der Waals surface area (Å²) < 4.78 is 0. The minimum atomic E-state index is -1.01. The highest BCUT2D eigenvalue weighted by Gasteiger charge is 2.29. The number of rotatable bonds is 2. The van der Waals surface area contributed by atoms with E-state index >= 15 is 0 Å². The Hall–Kier alpha value is -1.55. The van der Waals surface area contributed by atoms with Gasteiger partial charge in [0.25, 0.3) is 5.91 Å². The maximum Gasteiger partial charge on any atom is 0.257 e. The average Bonchev–Trinajstić information content (AvgIpc) is 2.98. The summed E-state index contributed by atoms with van der Waals surface area (Å²) in [5.41, 5.74) is 2.54. The normalized spacial score (nSPS) is 23.0. The molecule has 1 fully saturated rings. The van der Waals surface area contributed by atoms with Crippen molar-refractivity contribution in [2.75, 3.05) is 17.3 Å². The minimum absolute atomic E-state index is 0.328. The number of nitrogens with zero attached hydrogens (tertiary/aromatic N) is 1. The van der Waals surface area contributed by atoms with Crippen molar-refractivity contribution in [1.29, 1.82) is 0 Å². The van der Waals surface area contributed by atoms with Crippen molar-refractivity contribution in [1.82, 2.24) is 0 Å². The molecule has 0 saturated heterocycles. The van der Waals surface area contributed by atoms with Crippen LogP contribution in [0.5, 0.6) is 0 Å². The average molecular weight is 246 g/mol. The fraction of sp³-hybridized carbons (Fsp3) is 0.500. The van der Waals surface area contributed by atoms with Gasteiger partial charge in [-0.3, -0.25) is 4.79 Å². The van der Waals surface area contributed by atoms with Gasteiger partial charge in [-0.25, -0.2) is 0 Å². The topological polar surface area (TPSA) is 52.6 Å². The Morgan fingerprint density at radius 1 is 1.33 bits per heavy atom. The number of amides is 1. The van der Waals surface area contributed by atoms with Crippen molar-refractivity contribution < 1.29 is 9.90 Å². The highest BCUT2D eigenvalue weighted by Crippen LogP contribution is 2.35. The minimum Gasteiger partial charge on any atom is -0.378 e. The molecule has 1 heterocycles. The third-order valence-electron chi connectivity index (χ3n) is 4.12. The zero-order chi connectivity index (χ0) is 12.7. The van der Waals surface area contributed by atoms with Crippen molar-refractivity contribution in [3.05, 3.63) is 23.8 Å². The molecular weight excluding hydrogens is 228 g/mol. The molecule has 1 aliphatic heterocycles. The van der Waals surface area contributed by atoms with Gasteiger partial charge >= 0.3 is 0 Å². The fourth-order valence-corrected chi connectivity index (χ4v) is 2.96. The first-order chi connectivity index (χ1) is 8.66. The van der Waals surface area contributed by atoms with Gasteiger partial charge in [-0.05, 0) is 25.0 Å². The summed E-state index contributed by atoms with van der Waals surface area (Å²) in [7, 11) is 2.10. The Balaban J connectivity index is 1.87. The number of anilines is 2. The monoisotopic (exact) mass is 246 g/mol. The number of carbonyl (C=O) groups is 1. The third kappa shape index (κ3) is 1.77. The molecule has 0 bridgehead atoms. The molecule has 1 atom stereocenters. The first-order valence-electron chi connectivity index (χ1n) is 6.52. The molecule has 0 radical (unpaired) electrons. The summed E-state index contributed by atoms with van der Waals surface area (Å²) in [6.45, 7) is 0. The molecule has 2 aliphatic rings. The second-order valence-corrected chi connectivity index (χ2v) is 5.21. The molecular formula is C14H18N2O2. The highest BCUT2D eigenvalue weighted by atomic mass is 16.3. The lowest BCUT2D eigenvalue weighted by Crippen LogP contribution is -2.28. The molecule has 2 N–H and O–H groups in total. The van der Waals surface area contributed by atoms with Gasteiger partial charge in [0.2, 0.25) is 0 Å². The molecule has 3 rings (SSSR count). The van der Waals surface area contributed by atoms with E-state index < -0.39 is 6.10 Å². The zero-order valence-corrected chi connectivity index (χ0v) is 10.5. The van der Waals surface area contributed by atoms with Gasteiger partial charge < -0.3 is 15.3 Å². The molecule has 1 aromatic carbocycles. The van der Waals surface area contributed by atoms with Gasteiger partial charge in [0.15, 0.2) is 6.10 Å². The van der Waals surface area contributed by atoms with Crippen LogP contribution in [0.3, 0.4) is 0 Å². The van der Waals surface area contributed by atoms with Crippen molar-refractivity contribution in [3.8, 4) is 0 Å². The fourth-order valence-electron chi connectivity index (χ4n) is 2.96. The van der Waals surface area contributed by atoms with E-state index in [0.29, 0.717) is 11.6 Å². The first-order valence-corrected chi connectivity index (χ1v) is 6.52. The summed E-state index contributed by atoms with van der Waals surface area (Å²) in [5, 5.41) is 12.4. The maximum absolute atomic E-state index is 11.4. The number of hydrogen-bond donors (Lipinski definition) is 2. The second kappa shape index (κ2) is 4.28. The quantitative estimate of drug-likeness (QED) is 0.839. The molecule has 4 nitrogen and oxygen atoms in total. The number of aliphatic hydroxyl groups is 1. The van der Waals surface area contributed by atoms with Gasteiger partial charge in [0.1, 0.15) is 0 Å². The van der Waals surface area contributed by atoms with E-state index in [1.165, 1.54) is 25.7 Å². The van der Waals surface area contributed by atoms with Crippen LogP contribution in [0.2, 0.25) is 0 Å². The molecule has 4 heteroatoms. The standard InChI is InChI=1S/C14H18N2O2/c1-16(9-4-2-3-5-9)10-6-7-11-12(8-10)15-14(18)13(11)17/h6-9,13,17H,2-5H2,1H3,(H,15,18). The highest BCUT2D eigenvalue weighted by molar-refractivity contribution is 6.02. The van der Waals surface area contributed by atoms with E-state index in [1.54, 1.807) is 0 Å². The van der Waals surface area contributed by atoms with Crippen molar-refractivity contribution >= 4 is 17.3 Å². The lowest BCUT2D eigenvalue weighted by Gasteiger charge is -2.27. The van der Waals surface area contributed by atoms with Crippen LogP contribution in [0.15, 0.2) is 18.2 Å². The summed E-state index contributed by atoms with van der Waals surface area (Å²) in [4.78, 5) is 13.7. The van der Waals surface area contributed by atoms with E-state index in [4.69, 9.17) is 0 Å². The Morgan fingerprint density at radius 3 is 2.78 bits per heavy atom. The second-order valence-electron chi connectivity index (χ2n) is 5.21. The largest absolute Gasteiger partial charge is 0.378 e. The van der Waals surface area contributed by atoms with Crippen LogP contribution in [0.1, 0.15) is 37.4 Å². The number of fused-ring (bicyclic) bond motifs is 1. The molecule has 0 spiro atoms. The van der Waals surface area contributed by atoms with E-state index in [-0.39, 0.29) is 5.91 Å². The maximum atomic E-state index is 11.4. The number of aliphatic hydroxyl groups excluding tert-OH is 1. The van der Waals surface area contributed by atoms with Gasteiger partial charge in [0, 0.05) is 30.0 Å². The smallest absolute Gasteiger partial charge is 0.257 e. The molecule has 1 amide bonds. The van der Waals surface area contributed by atoms with Crippen molar-refractivity contribution in [3.63, 3.8) is 0 Å². The van der Waals surface area contributed by atoms with Crippen LogP contribution >= 0.6 is 0 Å². The van der Waals surface area contributed by atoms with E-state index in [0.717, 1.165) is 11.4 Å². The number of hydrogen-bond acceptors (Lipinski definition) is 3. The van der Waals surface area contributed by atoms with Crippen LogP contribution in [-0.4, -0.2) is 24.1 Å². The predicted molar refractivity (Wildman–Crippen MR) is 70.7 cm³/mol. The van der Waals surface area contributed by atoms with Gasteiger partial charge in [0.05, 0.1) is 0 Å². The van der Waals surface area contributed by atoms with Crippen LogP contribution in [0.25, 0.3) is 0 Å². The molecule has 96 valence electrons. The Bertz CT molecular complexity index is 481. The Kier molecular flexibility index (Phi) is 2.74. The molecule has 0 aromatic heterocycles. The van der Waals surface area contributed by atoms with Crippen LogP contribution < -0.4 is 10.2 Å². The summed E-state index contributed by atoms with van der Waals surface area (Å²) in [6.07, 6.45) is 4.07. The van der Waals surface area contributed by atoms with E-state index in [2.05, 4.69) is 17.3 Å². The molecule has 1 saturated carbocycles. The van der Waals surface area contributed by atoms with Crippen LogP contribution in [-0.2, 0) is 4.79 Å². The van der Waals surface area contributed by atoms with E-state index in [9.17, 15) is 9.90 Å². The lowest BCUT2D eigenvalue weighted by atomic mass is 10.1. The van der Waals surface area contributed by atoms with Gasteiger partial charge in [-0.1, -0.05) is 18.9 Å². The number of nitrogens with one attached hydrogen (secondary N) is 1. The zero-order valence-electron chi connectivity index (χ0n) is 10.5.